The van der Waals surface area contributed by atoms with Crippen LogP contribution in [0.4, 0.5) is 5.69 Å². The van der Waals surface area contributed by atoms with Crippen LogP contribution in [-0.4, -0.2) is 50.9 Å². The second-order valence-corrected chi connectivity index (χ2v) is 12.0. The summed E-state index contributed by atoms with van der Waals surface area (Å²) in [7, 11) is -2.65. The van der Waals surface area contributed by atoms with E-state index >= 15 is 0 Å². The molecule has 3 aromatic rings. The number of hydrogen-bond donors (Lipinski definition) is 1. The number of nitrogens with one attached hydrogen (secondary N) is 1. The van der Waals surface area contributed by atoms with Crippen molar-refractivity contribution < 1.29 is 22.7 Å². The Morgan fingerprint density at radius 2 is 1.52 bits per heavy atom. The van der Waals surface area contributed by atoms with Crippen LogP contribution in [0.1, 0.15) is 43.9 Å². The van der Waals surface area contributed by atoms with Gasteiger partial charge in [0.2, 0.25) is 11.8 Å². The lowest BCUT2D eigenvalue weighted by Crippen LogP contribution is -2.53. The van der Waals surface area contributed by atoms with Crippen LogP contribution in [0.2, 0.25) is 0 Å². The predicted octanol–water partition coefficient (Wildman–Crippen LogP) is 4.84. The highest BCUT2D eigenvalue weighted by Gasteiger charge is 2.34. The first-order valence-corrected chi connectivity index (χ1v) is 14.8. The minimum atomic E-state index is -4.14. The number of sulfonamides is 1. The molecule has 0 bridgehead atoms. The number of aryl methyl sites for hydroxylation is 2. The SMILES string of the molecule is CC[C@H](C(=O)NC(C)C)N(Cc1ccc(C)cc1)C(=O)CN(c1cccc(OC)c1)S(=O)(=O)c1ccc(C)cc1. The van der Waals surface area contributed by atoms with Gasteiger partial charge in [-0.05, 0) is 63.9 Å². The van der Waals surface area contributed by atoms with E-state index in [1.807, 2.05) is 58.9 Å². The van der Waals surface area contributed by atoms with Gasteiger partial charge in [-0.25, -0.2) is 8.42 Å². The normalized spacial score (nSPS) is 12.1. The third-order valence-electron chi connectivity index (χ3n) is 6.52. The molecule has 0 aliphatic rings. The molecular weight excluding hydrogens is 526 g/mol. The van der Waals surface area contributed by atoms with Gasteiger partial charge in [0.25, 0.3) is 10.0 Å². The third kappa shape index (κ3) is 7.63. The number of rotatable bonds is 12. The fourth-order valence-electron chi connectivity index (χ4n) is 4.32. The zero-order valence-electron chi connectivity index (χ0n) is 24.0. The second-order valence-electron chi connectivity index (χ2n) is 10.1. The van der Waals surface area contributed by atoms with Crippen molar-refractivity contribution in [2.45, 2.75) is 64.6 Å². The van der Waals surface area contributed by atoms with Crippen LogP contribution in [0.25, 0.3) is 0 Å². The number of methoxy groups -OCH3 is 1. The van der Waals surface area contributed by atoms with Gasteiger partial charge in [-0.3, -0.25) is 13.9 Å². The van der Waals surface area contributed by atoms with Crippen LogP contribution in [0.5, 0.6) is 5.75 Å². The molecular formula is C31H39N3O5S. The van der Waals surface area contributed by atoms with Gasteiger partial charge in [0.1, 0.15) is 18.3 Å². The van der Waals surface area contributed by atoms with Crippen molar-refractivity contribution in [3.8, 4) is 5.75 Å². The highest BCUT2D eigenvalue weighted by molar-refractivity contribution is 7.92. The second kappa shape index (κ2) is 13.5. The number of benzene rings is 3. The molecule has 0 fully saturated rings. The summed E-state index contributed by atoms with van der Waals surface area (Å²) in [4.78, 5) is 28.8. The number of ether oxygens (including phenoxy) is 1. The monoisotopic (exact) mass is 565 g/mol. The number of nitrogens with zero attached hydrogens (tertiary/aromatic N) is 2. The topological polar surface area (TPSA) is 96.0 Å². The molecule has 0 aliphatic carbocycles. The summed E-state index contributed by atoms with van der Waals surface area (Å²) in [6, 6.07) is 19.8. The molecule has 40 heavy (non-hydrogen) atoms. The van der Waals surface area contributed by atoms with Crippen molar-refractivity contribution in [2.24, 2.45) is 0 Å². The summed E-state index contributed by atoms with van der Waals surface area (Å²) in [6.07, 6.45) is 0.361. The smallest absolute Gasteiger partial charge is 0.264 e. The zero-order valence-corrected chi connectivity index (χ0v) is 24.9. The first-order chi connectivity index (χ1) is 19.0. The van der Waals surface area contributed by atoms with Crippen LogP contribution in [0.3, 0.4) is 0 Å². The van der Waals surface area contributed by atoms with E-state index in [1.54, 1.807) is 36.4 Å². The van der Waals surface area contributed by atoms with Gasteiger partial charge in [-0.1, -0.05) is 60.5 Å². The fraction of sp³-hybridized carbons (Fsp3) is 0.355. The van der Waals surface area contributed by atoms with E-state index in [1.165, 1.54) is 24.1 Å². The van der Waals surface area contributed by atoms with Crippen molar-refractivity contribution in [3.63, 3.8) is 0 Å². The van der Waals surface area contributed by atoms with E-state index in [2.05, 4.69) is 5.32 Å². The lowest BCUT2D eigenvalue weighted by atomic mass is 10.1. The van der Waals surface area contributed by atoms with Gasteiger partial charge >= 0.3 is 0 Å². The van der Waals surface area contributed by atoms with Crippen LogP contribution in [0, 0.1) is 13.8 Å². The summed E-state index contributed by atoms with van der Waals surface area (Å²) >= 11 is 0. The van der Waals surface area contributed by atoms with Crippen LogP contribution < -0.4 is 14.4 Å². The Bertz CT molecular complexity index is 1400. The number of hydrogen-bond acceptors (Lipinski definition) is 5. The van der Waals surface area contributed by atoms with Gasteiger partial charge in [0.15, 0.2) is 0 Å². The average molecular weight is 566 g/mol. The first-order valence-electron chi connectivity index (χ1n) is 13.3. The predicted molar refractivity (Wildman–Crippen MR) is 158 cm³/mol. The standard InChI is InChI=1S/C31H39N3O5S/c1-7-29(31(36)32-22(2)3)33(20-25-15-11-23(4)12-16-25)30(35)21-34(26-9-8-10-27(19-26)39-6)40(37,38)28-17-13-24(5)14-18-28/h8-19,22,29H,7,20-21H2,1-6H3,(H,32,36)/t29-/m1/s1. The third-order valence-corrected chi connectivity index (χ3v) is 8.31. The number of anilines is 1. The Kier molecular flexibility index (Phi) is 10.3. The quantitative estimate of drug-likeness (QED) is 0.339. The molecule has 3 aromatic carbocycles. The molecule has 0 saturated carbocycles. The Morgan fingerprint density at radius 3 is 2.08 bits per heavy atom. The molecule has 214 valence electrons. The molecule has 0 radical (unpaired) electrons. The minimum absolute atomic E-state index is 0.0587. The largest absolute Gasteiger partial charge is 0.497 e. The van der Waals surface area contributed by atoms with Gasteiger partial charge in [0.05, 0.1) is 17.7 Å². The lowest BCUT2D eigenvalue weighted by Gasteiger charge is -2.33. The number of carbonyl (C=O) groups excluding carboxylic acids is 2. The maximum atomic E-state index is 14.1. The molecule has 0 saturated heterocycles. The molecule has 8 nitrogen and oxygen atoms in total. The minimum Gasteiger partial charge on any atom is -0.497 e. The van der Waals surface area contributed by atoms with Crippen LogP contribution >= 0.6 is 0 Å². The average Bonchev–Trinajstić information content (AvgIpc) is 2.92. The van der Waals surface area contributed by atoms with E-state index in [4.69, 9.17) is 4.74 Å². The maximum absolute atomic E-state index is 14.1. The Morgan fingerprint density at radius 1 is 0.925 bits per heavy atom. The molecule has 2 amide bonds. The first kappa shape index (κ1) is 30.7. The lowest BCUT2D eigenvalue weighted by molar-refractivity contribution is -0.140. The van der Waals surface area contributed by atoms with E-state index in [0.29, 0.717) is 12.2 Å². The molecule has 1 N–H and O–H groups in total. The summed E-state index contributed by atoms with van der Waals surface area (Å²) in [5, 5.41) is 2.90. The molecule has 0 heterocycles. The highest BCUT2D eigenvalue weighted by Crippen LogP contribution is 2.28. The van der Waals surface area contributed by atoms with Crippen molar-refractivity contribution in [1.82, 2.24) is 10.2 Å². The Labute approximate surface area is 238 Å². The Balaban J connectivity index is 2.08. The van der Waals surface area contributed by atoms with Crippen LogP contribution in [0.15, 0.2) is 77.7 Å². The molecule has 3 rings (SSSR count). The number of amides is 2. The summed E-state index contributed by atoms with van der Waals surface area (Å²) < 4.78 is 34.3. The Hall–Kier alpha value is -3.85. The fourth-order valence-corrected chi connectivity index (χ4v) is 5.73. The van der Waals surface area contributed by atoms with Crippen molar-refractivity contribution in [2.75, 3.05) is 18.0 Å². The maximum Gasteiger partial charge on any atom is 0.264 e. The molecule has 1 atom stereocenters. The molecule has 0 aromatic heterocycles. The molecule has 9 heteroatoms. The molecule has 0 spiro atoms. The van der Waals surface area contributed by atoms with E-state index < -0.39 is 28.5 Å². The zero-order chi connectivity index (χ0) is 29.4. The van der Waals surface area contributed by atoms with Crippen molar-refractivity contribution in [1.29, 1.82) is 0 Å². The van der Waals surface area contributed by atoms with Crippen molar-refractivity contribution >= 4 is 27.5 Å². The molecule has 0 aliphatic heterocycles. The van der Waals surface area contributed by atoms with E-state index in [0.717, 1.165) is 21.0 Å². The highest BCUT2D eigenvalue weighted by atomic mass is 32.2. The van der Waals surface area contributed by atoms with Crippen LogP contribution in [-0.2, 0) is 26.2 Å². The van der Waals surface area contributed by atoms with Crippen molar-refractivity contribution in [3.05, 3.63) is 89.5 Å². The van der Waals surface area contributed by atoms with Gasteiger partial charge in [-0.2, -0.15) is 0 Å². The summed E-state index contributed by atoms with van der Waals surface area (Å²) in [6.45, 7) is 9.05. The summed E-state index contributed by atoms with van der Waals surface area (Å²) in [5.41, 5.74) is 3.10. The summed E-state index contributed by atoms with van der Waals surface area (Å²) in [5.74, 6) is -0.328. The van der Waals surface area contributed by atoms with Gasteiger partial charge in [-0.15, -0.1) is 0 Å². The van der Waals surface area contributed by atoms with E-state index in [-0.39, 0.29) is 29.1 Å². The number of carbonyl (C=O) groups is 2. The van der Waals surface area contributed by atoms with E-state index in [9.17, 15) is 18.0 Å². The van der Waals surface area contributed by atoms with Gasteiger partial charge < -0.3 is 15.0 Å². The molecule has 0 unspecified atom stereocenters. The van der Waals surface area contributed by atoms with Gasteiger partial charge in [0, 0.05) is 18.7 Å².